The number of rotatable bonds is 2. The van der Waals surface area contributed by atoms with Gasteiger partial charge in [0.2, 0.25) is 0 Å². The van der Waals surface area contributed by atoms with E-state index in [4.69, 9.17) is 5.73 Å². The van der Waals surface area contributed by atoms with Gasteiger partial charge in [-0.1, -0.05) is 18.2 Å². The standard InChI is InChI=1S/C13H14F3N3/c1-8-7-18-19(12(8)17)9(2)10-5-3-4-6-11(10)13(14,15)16/h3-7,9H,17H2,1-2H3. The van der Waals surface area contributed by atoms with Crippen molar-refractivity contribution in [1.82, 2.24) is 9.78 Å². The summed E-state index contributed by atoms with van der Waals surface area (Å²) in [7, 11) is 0. The minimum Gasteiger partial charge on any atom is -0.384 e. The average molecular weight is 269 g/mol. The molecule has 0 aliphatic carbocycles. The monoisotopic (exact) mass is 269 g/mol. The van der Waals surface area contributed by atoms with Crippen LogP contribution in [0.15, 0.2) is 30.5 Å². The molecule has 19 heavy (non-hydrogen) atoms. The van der Waals surface area contributed by atoms with Gasteiger partial charge < -0.3 is 5.73 Å². The minimum absolute atomic E-state index is 0.157. The fourth-order valence-corrected chi connectivity index (χ4v) is 2.02. The van der Waals surface area contributed by atoms with E-state index in [0.29, 0.717) is 5.82 Å². The first-order valence-corrected chi connectivity index (χ1v) is 5.78. The van der Waals surface area contributed by atoms with E-state index < -0.39 is 17.8 Å². The number of aryl methyl sites for hydroxylation is 1. The van der Waals surface area contributed by atoms with Gasteiger partial charge in [0.05, 0.1) is 17.8 Å². The molecule has 1 aromatic carbocycles. The number of anilines is 1. The molecule has 0 fully saturated rings. The Labute approximate surface area is 108 Å². The van der Waals surface area contributed by atoms with Crippen LogP contribution in [0.4, 0.5) is 19.0 Å². The fourth-order valence-electron chi connectivity index (χ4n) is 2.02. The van der Waals surface area contributed by atoms with Crippen LogP contribution in [0.1, 0.15) is 29.7 Å². The number of hydrogen-bond donors (Lipinski definition) is 1. The summed E-state index contributed by atoms with van der Waals surface area (Å²) in [6, 6.07) is 4.89. The summed E-state index contributed by atoms with van der Waals surface area (Å²) in [5, 5.41) is 4.04. The van der Waals surface area contributed by atoms with E-state index in [2.05, 4.69) is 5.10 Å². The van der Waals surface area contributed by atoms with Crippen LogP contribution in [0.5, 0.6) is 0 Å². The Morgan fingerprint density at radius 1 is 1.26 bits per heavy atom. The van der Waals surface area contributed by atoms with E-state index in [1.807, 2.05) is 0 Å². The van der Waals surface area contributed by atoms with E-state index in [1.54, 1.807) is 26.1 Å². The first-order valence-electron chi connectivity index (χ1n) is 5.78. The first kappa shape index (κ1) is 13.5. The molecule has 6 heteroatoms. The Bertz CT molecular complexity index is 587. The van der Waals surface area contributed by atoms with Crippen LogP contribution in [0.3, 0.4) is 0 Å². The van der Waals surface area contributed by atoms with Crippen LogP contribution in [0, 0.1) is 6.92 Å². The maximum atomic E-state index is 13.0. The maximum absolute atomic E-state index is 13.0. The van der Waals surface area contributed by atoms with Crippen molar-refractivity contribution in [2.75, 3.05) is 5.73 Å². The number of hydrogen-bond acceptors (Lipinski definition) is 2. The molecule has 2 aromatic rings. The van der Waals surface area contributed by atoms with E-state index in [9.17, 15) is 13.2 Å². The molecule has 0 saturated carbocycles. The lowest BCUT2D eigenvalue weighted by Crippen LogP contribution is -2.17. The zero-order valence-electron chi connectivity index (χ0n) is 10.6. The third-order valence-electron chi connectivity index (χ3n) is 3.11. The number of aromatic nitrogens is 2. The molecule has 1 atom stereocenters. The number of alkyl halides is 3. The van der Waals surface area contributed by atoms with Crippen LogP contribution in [0.25, 0.3) is 0 Å². The van der Waals surface area contributed by atoms with Crippen LogP contribution < -0.4 is 5.73 Å². The molecule has 1 unspecified atom stereocenters. The summed E-state index contributed by atoms with van der Waals surface area (Å²) < 4.78 is 40.3. The quantitative estimate of drug-likeness (QED) is 0.908. The van der Waals surface area contributed by atoms with Gasteiger partial charge in [-0.05, 0) is 25.5 Å². The lowest BCUT2D eigenvalue weighted by atomic mass is 10.0. The van der Waals surface area contributed by atoms with Gasteiger partial charge in [-0.15, -0.1) is 0 Å². The number of nitrogens with two attached hydrogens (primary N) is 1. The summed E-state index contributed by atoms with van der Waals surface area (Å²) in [5.74, 6) is 0.379. The Balaban J connectivity index is 2.51. The van der Waals surface area contributed by atoms with E-state index in [0.717, 1.165) is 11.6 Å². The van der Waals surface area contributed by atoms with Crippen molar-refractivity contribution < 1.29 is 13.2 Å². The van der Waals surface area contributed by atoms with Gasteiger partial charge in [0.15, 0.2) is 0 Å². The second-order valence-electron chi connectivity index (χ2n) is 4.42. The van der Waals surface area contributed by atoms with Crippen molar-refractivity contribution in [3.05, 3.63) is 47.2 Å². The highest BCUT2D eigenvalue weighted by Crippen LogP contribution is 2.36. The molecule has 0 saturated heterocycles. The average Bonchev–Trinajstić information content (AvgIpc) is 2.68. The SMILES string of the molecule is Cc1cnn(C(C)c2ccccc2C(F)(F)F)c1N. The second-order valence-corrected chi connectivity index (χ2v) is 4.42. The molecule has 0 radical (unpaired) electrons. The molecule has 102 valence electrons. The summed E-state index contributed by atoms with van der Waals surface area (Å²) in [5.41, 5.74) is 6.07. The normalized spacial score (nSPS) is 13.5. The lowest BCUT2D eigenvalue weighted by Gasteiger charge is -2.19. The molecule has 0 spiro atoms. The van der Waals surface area contributed by atoms with E-state index >= 15 is 0 Å². The van der Waals surface area contributed by atoms with Crippen molar-refractivity contribution in [1.29, 1.82) is 0 Å². The van der Waals surface area contributed by atoms with Crippen molar-refractivity contribution in [3.63, 3.8) is 0 Å². The highest BCUT2D eigenvalue weighted by molar-refractivity contribution is 5.40. The fraction of sp³-hybridized carbons (Fsp3) is 0.308. The zero-order chi connectivity index (χ0) is 14.2. The molecule has 0 aliphatic heterocycles. The molecule has 1 aromatic heterocycles. The Hall–Kier alpha value is -1.98. The summed E-state index contributed by atoms with van der Waals surface area (Å²) >= 11 is 0. The smallest absolute Gasteiger partial charge is 0.384 e. The van der Waals surface area contributed by atoms with Crippen LogP contribution in [0.2, 0.25) is 0 Å². The molecule has 3 nitrogen and oxygen atoms in total. The van der Waals surface area contributed by atoms with Gasteiger partial charge >= 0.3 is 6.18 Å². The van der Waals surface area contributed by atoms with Crippen molar-refractivity contribution >= 4 is 5.82 Å². The summed E-state index contributed by atoms with van der Waals surface area (Å²) in [6.45, 7) is 3.41. The molecule has 0 bridgehead atoms. The molecule has 2 rings (SSSR count). The van der Waals surface area contributed by atoms with E-state index in [1.165, 1.54) is 16.8 Å². The topological polar surface area (TPSA) is 43.8 Å². The van der Waals surface area contributed by atoms with Gasteiger partial charge in [0.1, 0.15) is 5.82 Å². The molecular weight excluding hydrogens is 255 g/mol. The Morgan fingerprint density at radius 3 is 2.42 bits per heavy atom. The van der Waals surface area contributed by atoms with Crippen LogP contribution in [-0.2, 0) is 6.18 Å². The first-order chi connectivity index (χ1) is 8.82. The predicted octanol–water partition coefficient (Wildman–Crippen LogP) is 3.40. The second kappa shape index (κ2) is 4.60. The lowest BCUT2D eigenvalue weighted by molar-refractivity contribution is -0.138. The molecular formula is C13H14F3N3. The largest absolute Gasteiger partial charge is 0.416 e. The summed E-state index contributed by atoms with van der Waals surface area (Å²) in [4.78, 5) is 0. The molecule has 0 amide bonds. The van der Waals surface area contributed by atoms with Gasteiger partial charge in [0.25, 0.3) is 0 Å². The third kappa shape index (κ3) is 2.43. The van der Waals surface area contributed by atoms with Gasteiger partial charge in [-0.3, -0.25) is 0 Å². The van der Waals surface area contributed by atoms with Crippen LogP contribution in [-0.4, -0.2) is 9.78 Å². The minimum atomic E-state index is -4.39. The van der Waals surface area contributed by atoms with E-state index in [-0.39, 0.29) is 5.56 Å². The number of nitrogens with zero attached hydrogens (tertiary/aromatic N) is 2. The number of nitrogen functional groups attached to an aromatic ring is 1. The number of halogens is 3. The Morgan fingerprint density at radius 2 is 1.89 bits per heavy atom. The third-order valence-corrected chi connectivity index (χ3v) is 3.11. The van der Waals surface area contributed by atoms with Crippen molar-refractivity contribution in [3.8, 4) is 0 Å². The highest BCUT2D eigenvalue weighted by Gasteiger charge is 2.34. The van der Waals surface area contributed by atoms with Crippen molar-refractivity contribution in [2.45, 2.75) is 26.1 Å². The molecule has 1 heterocycles. The Kier molecular flexibility index (Phi) is 3.26. The van der Waals surface area contributed by atoms with Crippen molar-refractivity contribution in [2.24, 2.45) is 0 Å². The van der Waals surface area contributed by atoms with Gasteiger partial charge in [-0.2, -0.15) is 18.3 Å². The van der Waals surface area contributed by atoms with Gasteiger partial charge in [0, 0.05) is 5.56 Å². The predicted molar refractivity (Wildman–Crippen MR) is 66.6 cm³/mol. The highest BCUT2D eigenvalue weighted by atomic mass is 19.4. The van der Waals surface area contributed by atoms with Crippen LogP contribution >= 0.6 is 0 Å². The maximum Gasteiger partial charge on any atom is 0.416 e. The summed E-state index contributed by atoms with van der Waals surface area (Å²) in [6.07, 6.45) is -2.84. The zero-order valence-corrected chi connectivity index (χ0v) is 10.6. The van der Waals surface area contributed by atoms with Gasteiger partial charge in [-0.25, -0.2) is 4.68 Å². The number of benzene rings is 1. The molecule has 2 N–H and O–H groups in total. The molecule has 0 aliphatic rings.